The highest BCUT2D eigenvalue weighted by atomic mass is 16.5. The van der Waals surface area contributed by atoms with Gasteiger partial charge in [0.25, 0.3) is 0 Å². The predicted molar refractivity (Wildman–Crippen MR) is 95.5 cm³/mol. The first-order chi connectivity index (χ1) is 12.9. The molecule has 6 nitrogen and oxygen atoms in total. The molecule has 0 aliphatic carbocycles. The molecule has 0 unspecified atom stereocenters. The third kappa shape index (κ3) is 4.03. The Bertz CT molecular complexity index is 910. The van der Waals surface area contributed by atoms with Crippen molar-refractivity contribution in [3.8, 4) is 17.2 Å². The summed E-state index contributed by atoms with van der Waals surface area (Å²) in [6, 6.07) is 9.99. The standard InChI is InChI=1S/C20H19N3O3/c1(9-23-10-8-21-15-23)2-16-3-5-19(6-4-16)25-13-18-14-26-20(22-18)17-7-11-24-12-17/h3-8,10-12,14-15H,1-2,9,13H2. The van der Waals surface area contributed by atoms with Crippen LogP contribution in [0, 0.1) is 0 Å². The molecule has 0 atom stereocenters. The maximum atomic E-state index is 5.78. The van der Waals surface area contributed by atoms with Crippen LogP contribution in [0.4, 0.5) is 0 Å². The van der Waals surface area contributed by atoms with Crippen molar-refractivity contribution in [1.82, 2.24) is 14.5 Å². The number of aromatic nitrogens is 3. The van der Waals surface area contributed by atoms with Gasteiger partial charge in [-0.05, 0) is 36.6 Å². The van der Waals surface area contributed by atoms with Crippen molar-refractivity contribution in [2.75, 3.05) is 0 Å². The molecule has 3 heterocycles. The molecule has 0 saturated carbocycles. The Hall–Kier alpha value is -3.28. The van der Waals surface area contributed by atoms with Gasteiger partial charge in [-0.1, -0.05) is 12.1 Å². The summed E-state index contributed by atoms with van der Waals surface area (Å²) in [6.07, 6.45) is 12.5. The van der Waals surface area contributed by atoms with Gasteiger partial charge in [-0.25, -0.2) is 9.97 Å². The fourth-order valence-electron chi connectivity index (χ4n) is 2.69. The van der Waals surface area contributed by atoms with E-state index >= 15 is 0 Å². The quantitative estimate of drug-likeness (QED) is 0.473. The second kappa shape index (κ2) is 7.74. The molecule has 4 rings (SSSR count). The number of oxazole rings is 1. The van der Waals surface area contributed by atoms with Crippen LogP contribution in [0.25, 0.3) is 11.5 Å². The van der Waals surface area contributed by atoms with Crippen molar-refractivity contribution < 1.29 is 13.6 Å². The van der Waals surface area contributed by atoms with Crippen molar-refractivity contribution in [2.24, 2.45) is 0 Å². The Morgan fingerprint density at radius 3 is 2.77 bits per heavy atom. The largest absolute Gasteiger partial charge is 0.487 e. The van der Waals surface area contributed by atoms with Crippen LogP contribution in [-0.4, -0.2) is 14.5 Å². The van der Waals surface area contributed by atoms with E-state index in [2.05, 4.69) is 26.7 Å². The van der Waals surface area contributed by atoms with Gasteiger partial charge in [0.1, 0.15) is 30.6 Å². The average molecular weight is 349 g/mol. The smallest absolute Gasteiger partial charge is 0.229 e. The van der Waals surface area contributed by atoms with Crippen LogP contribution in [0.3, 0.4) is 0 Å². The third-order valence-electron chi connectivity index (χ3n) is 4.07. The van der Waals surface area contributed by atoms with E-state index in [0.29, 0.717) is 12.5 Å². The average Bonchev–Trinajstić information content (AvgIpc) is 3.42. The highest BCUT2D eigenvalue weighted by Crippen LogP contribution is 2.20. The Morgan fingerprint density at radius 2 is 2.00 bits per heavy atom. The van der Waals surface area contributed by atoms with Gasteiger partial charge in [-0.2, -0.15) is 0 Å². The van der Waals surface area contributed by atoms with Crippen LogP contribution in [0.1, 0.15) is 17.7 Å². The number of furan rings is 1. The zero-order chi connectivity index (χ0) is 17.6. The molecular formula is C20H19N3O3. The van der Waals surface area contributed by atoms with Gasteiger partial charge in [0.15, 0.2) is 0 Å². The highest BCUT2D eigenvalue weighted by molar-refractivity contribution is 5.50. The van der Waals surface area contributed by atoms with Crippen LogP contribution in [0.2, 0.25) is 0 Å². The van der Waals surface area contributed by atoms with Crippen molar-refractivity contribution in [3.63, 3.8) is 0 Å². The Morgan fingerprint density at radius 1 is 1.08 bits per heavy atom. The van der Waals surface area contributed by atoms with Gasteiger partial charge in [0, 0.05) is 18.9 Å². The van der Waals surface area contributed by atoms with E-state index in [1.807, 2.05) is 30.7 Å². The number of benzene rings is 1. The summed E-state index contributed by atoms with van der Waals surface area (Å²) in [5, 5.41) is 0. The molecule has 0 bridgehead atoms. The minimum atomic E-state index is 0.362. The lowest BCUT2D eigenvalue weighted by Gasteiger charge is -2.06. The lowest BCUT2D eigenvalue weighted by atomic mass is 10.1. The molecule has 0 fully saturated rings. The molecule has 3 aromatic heterocycles. The number of rotatable bonds is 8. The van der Waals surface area contributed by atoms with E-state index in [0.717, 1.165) is 36.4 Å². The Kier molecular flexibility index (Phi) is 4.82. The fourth-order valence-corrected chi connectivity index (χ4v) is 2.69. The van der Waals surface area contributed by atoms with Crippen molar-refractivity contribution >= 4 is 0 Å². The first-order valence-electron chi connectivity index (χ1n) is 8.51. The number of aryl methyl sites for hydroxylation is 2. The molecule has 0 aliphatic heterocycles. The normalized spacial score (nSPS) is 10.9. The first-order valence-corrected chi connectivity index (χ1v) is 8.51. The minimum absolute atomic E-state index is 0.362. The summed E-state index contributed by atoms with van der Waals surface area (Å²) in [5.41, 5.74) is 2.85. The maximum absolute atomic E-state index is 5.78. The molecule has 6 heteroatoms. The third-order valence-corrected chi connectivity index (χ3v) is 4.07. The van der Waals surface area contributed by atoms with Gasteiger partial charge in [0.05, 0.1) is 18.2 Å². The number of nitrogens with zero attached hydrogens (tertiary/aromatic N) is 3. The summed E-state index contributed by atoms with van der Waals surface area (Å²) in [4.78, 5) is 8.44. The summed E-state index contributed by atoms with van der Waals surface area (Å²) < 4.78 is 18.3. The van der Waals surface area contributed by atoms with Crippen molar-refractivity contribution in [3.05, 3.63) is 79.1 Å². The molecule has 1 aromatic carbocycles. The fraction of sp³-hybridized carbons (Fsp3) is 0.200. The van der Waals surface area contributed by atoms with Gasteiger partial charge in [-0.15, -0.1) is 0 Å². The molecule has 0 aliphatic rings. The first kappa shape index (κ1) is 16.2. The number of ether oxygens (including phenoxy) is 1. The lowest BCUT2D eigenvalue weighted by molar-refractivity contribution is 0.301. The molecule has 0 spiro atoms. The molecule has 0 saturated heterocycles. The van der Waals surface area contributed by atoms with Gasteiger partial charge < -0.3 is 18.1 Å². The van der Waals surface area contributed by atoms with Gasteiger partial charge >= 0.3 is 0 Å². The monoisotopic (exact) mass is 349 g/mol. The SMILES string of the molecule is c1cn(CCCc2ccc(OCc3coc(-c4ccoc4)n3)cc2)cn1. The van der Waals surface area contributed by atoms with Crippen LogP contribution in [0.15, 0.2) is 76.7 Å². The van der Waals surface area contributed by atoms with E-state index in [4.69, 9.17) is 13.6 Å². The van der Waals surface area contributed by atoms with Crippen molar-refractivity contribution in [2.45, 2.75) is 26.0 Å². The van der Waals surface area contributed by atoms with E-state index in [1.54, 1.807) is 25.0 Å². The number of hydrogen-bond donors (Lipinski definition) is 0. The zero-order valence-electron chi connectivity index (χ0n) is 14.2. The molecular weight excluding hydrogens is 330 g/mol. The van der Waals surface area contributed by atoms with E-state index < -0.39 is 0 Å². The van der Waals surface area contributed by atoms with Crippen LogP contribution in [0.5, 0.6) is 5.75 Å². The van der Waals surface area contributed by atoms with E-state index in [1.165, 1.54) is 5.56 Å². The van der Waals surface area contributed by atoms with Crippen LogP contribution >= 0.6 is 0 Å². The summed E-state index contributed by atoms with van der Waals surface area (Å²) >= 11 is 0. The summed E-state index contributed by atoms with van der Waals surface area (Å²) in [7, 11) is 0. The summed E-state index contributed by atoms with van der Waals surface area (Å²) in [6.45, 7) is 1.34. The minimum Gasteiger partial charge on any atom is -0.487 e. The predicted octanol–water partition coefficient (Wildman–Crippen LogP) is 4.34. The molecule has 4 aromatic rings. The van der Waals surface area contributed by atoms with Gasteiger partial charge in [-0.3, -0.25) is 0 Å². The highest BCUT2D eigenvalue weighted by Gasteiger charge is 2.08. The van der Waals surface area contributed by atoms with Crippen LogP contribution in [-0.2, 0) is 19.6 Å². The number of imidazole rings is 1. The molecule has 26 heavy (non-hydrogen) atoms. The zero-order valence-corrected chi connectivity index (χ0v) is 14.2. The summed E-state index contributed by atoms with van der Waals surface area (Å²) in [5.74, 6) is 1.35. The maximum Gasteiger partial charge on any atom is 0.229 e. The molecule has 0 amide bonds. The molecule has 132 valence electrons. The second-order valence-corrected chi connectivity index (χ2v) is 5.99. The Labute approximate surface area is 151 Å². The van der Waals surface area contributed by atoms with E-state index in [-0.39, 0.29) is 0 Å². The molecule has 0 N–H and O–H groups in total. The van der Waals surface area contributed by atoms with Crippen molar-refractivity contribution in [1.29, 1.82) is 0 Å². The van der Waals surface area contributed by atoms with Crippen LogP contribution < -0.4 is 4.74 Å². The molecule has 0 radical (unpaired) electrons. The van der Waals surface area contributed by atoms with E-state index in [9.17, 15) is 0 Å². The lowest BCUT2D eigenvalue weighted by Crippen LogP contribution is -1.98. The topological polar surface area (TPSA) is 66.2 Å². The van der Waals surface area contributed by atoms with Gasteiger partial charge in [0.2, 0.25) is 5.89 Å². The number of hydrogen-bond acceptors (Lipinski definition) is 5. The second-order valence-electron chi connectivity index (χ2n) is 5.99. The Balaban J connectivity index is 1.26.